The smallest absolute Gasteiger partial charge is 0.124 e. The minimum atomic E-state index is -0.215. The lowest BCUT2D eigenvalue weighted by Crippen LogP contribution is -2.30. The first-order valence-electron chi connectivity index (χ1n) is 6.44. The SMILES string of the molecule is CNC(Cc1ccccc1Br)Cc1ccc(F)cc1Br. The monoisotopic (exact) mass is 399 g/mol. The van der Waals surface area contributed by atoms with E-state index in [1.54, 1.807) is 0 Å². The van der Waals surface area contributed by atoms with Crippen molar-refractivity contribution in [3.05, 3.63) is 68.4 Å². The molecule has 106 valence electrons. The Morgan fingerprint density at radius 1 is 1.00 bits per heavy atom. The molecule has 2 rings (SSSR count). The van der Waals surface area contributed by atoms with Gasteiger partial charge in [0.25, 0.3) is 0 Å². The fraction of sp³-hybridized carbons (Fsp3) is 0.250. The minimum Gasteiger partial charge on any atom is -0.316 e. The van der Waals surface area contributed by atoms with Crippen LogP contribution in [0.15, 0.2) is 51.4 Å². The summed E-state index contributed by atoms with van der Waals surface area (Å²) in [6, 6.07) is 13.4. The molecule has 0 saturated carbocycles. The highest BCUT2D eigenvalue weighted by Gasteiger charge is 2.12. The molecule has 1 nitrogen and oxygen atoms in total. The molecule has 0 saturated heterocycles. The normalized spacial score (nSPS) is 12.4. The third kappa shape index (κ3) is 4.14. The van der Waals surface area contributed by atoms with Gasteiger partial charge in [0.15, 0.2) is 0 Å². The molecule has 1 unspecified atom stereocenters. The molecule has 4 heteroatoms. The quantitative estimate of drug-likeness (QED) is 0.765. The van der Waals surface area contributed by atoms with E-state index in [1.165, 1.54) is 17.7 Å². The van der Waals surface area contributed by atoms with Crippen LogP contribution in [0.2, 0.25) is 0 Å². The van der Waals surface area contributed by atoms with Crippen LogP contribution >= 0.6 is 31.9 Å². The lowest BCUT2D eigenvalue weighted by atomic mass is 9.99. The van der Waals surface area contributed by atoms with Gasteiger partial charge in [-0.2, -0.15) is 0 Å². The molecule has 20 heavy (non-hydrogen) atoms. The van der Waals surface area contributed by atoms with Gasteiger partial charge in [-0.1, -0.05) is 56.1 Å². The number of benzene rings is 2. The first-order valence-corrected chi connectivity index (χ1v) is 8.03. The van der Waals surface area contributed by atoms with Gasteiger partial charge in [-0.05, 0) is 49.2 Å². The first-order chi connectivity index (χ1) is 9.60. The van der Waals surface area contributed by atoms with Crippen LogP contribution in [0, 0.1) is 5.82 Å². The van der Waals surface area contributed by atoms with E-state index in [0.717, 1.165) is 27.4 Å². The maximum atomic E-state index is 13.1. The van der Waals surface area contributed by atoms with Crippen molar-refractivity contribution in [2.75, 3.05) is 7.05 Å². The van der Waals surface area contributed by atoms with Gasteiger partial charge in [0.1, 0.15) is 5.82 Å². The lowest BCUT2D eigenvalue weighted by molar-refractivity contribution is 0.553. The van der Waals surface area contributed by atoms with Crippen LogP contribution in [-0.4, -0.2) is 13.1 Å². The molecule has 0 amide bonds. The van der Waals surface area contributed by atoms with Gasteiger partial charge in [-0.25, -0.2) is 4.39 Å². The van der Waals surface area contributed by atoms with E-state index in [0.29, 0.717) is 6.04 Å². The number of likely N-dealkylation sites (N-methyl/N-ethyl adjacent to an activating group) is 1. The van der Waals surface area contributed by atoms with Crippen molar-refractivity contribution in [1.82, 2.24) is 5.32 Å². The Hall–Kier alpha value is -0.710. The van der Waals surface area contributed by atoms with Gasteiger partial charge < -0.3 is 5.32 Å². The van der Waals surface area contributed by atoms with Gasteiger partial charge >= 0.3 is 0 Å². The summed E-state index contributed by atoms with van der Waals surface area (Å²) in [7, 11) is 1.96. The summed E-state index contributed by atoms with van der Waals surface area (Å²) in [4.78, 5) is 0. The molecule has 0 radical (unpaired) electrons. The zero-order chi connectivity index (χ0) is 14.5. The predicted molar refractivity (Wildman–Crippen MR) is 88.5 cm³/mol. The molecule has 0 spiro atoms. The second-order valence-corrected chi connectivity index (χ2v) is 6.43. The fourth-order valence-electron chi connectivity index (χ4n) is 2.16. The van der Waals surface area contributed by atoms with Gasteiger partial charge in [0.05, 0.1) is 0 Å². The zero-order valence-electron chi connectivity index (χ0n) is 11.2. The summed E-state index contributed by atoms with van der Waals surface area (Å²) in [6.07, 6.45) is 1.76. The highest BCUT2D eigenvalue weighted by atomic mass is 79.9. The van der Waals surface area contributed by atoms with Crippen LogP contribution < -0.4 is 5.32 Å². The Balaban J connectivity index is 2.11. The Labute approximate surface area is 135 Å². The van der Waals surface area contributed by atoms with Crippen molar-refractivity contribution in [2.45, 2.75) is 18.9 Å². The molecule has 2 aromatic rings. The second kappa shape index (κ2) is 7.34. The van der Waals surface area contributed by atoms with Crippen molar-refractivity contribution >= 4 is 31.9 Å². The summed E-state index contributed by atoms with van der Waals surface area (Å²) in [5.41, 5.74) is 2.38. The number of hydrogen-bond acceptors (Lipinski definition) is 1. The van der Waals surface area contributed by atoms with Crippen LogP contribution in [0.1, 0.15) is 11.1 Å². The van der Waals surface area contributed by atoms with E-state index in [-0.39, 0.29) is 5.82 Å². The van der Waals surface area contributed by atoms with E-state index >= 15 is 0 Å². The Morgan fingerprint density at radius 2 is 1.65 bits per heavy atom. The van der Waals surface area contributed by atoms with Gasteiger partial charge in [0, 0.05) is 15.0 Å². The Bertz CT molecular complexity index is 586. The largest absolute Gasteiger partial charge is 0.316 e. The molecule has 0 aliphatic rings. The number of halogens is 3. The molecule has 0 aliphatic carbocycles. The molecule has 0 fully saturated rings. The summed E-state index contributed by atoms with van der Waals surface area (Å²) in [5.74, 6) is -0.215. The molecule has 2 aromatic carbocycles. The highest BCUT2D eigenvalue weighted by Crippen LogP contribution is 2.22. The van der Waals surface area contributed by atoms with Crippen molar-refractivity contribution < 1.29 is 4.39 Å². The van der Waals surface area contributed by atoms with Crippen LogP contribution in [0.3, 0.4) is 0 Å². The van der Waals surface area contributed by atoms with E-state index in [2.05, 4.69) is 49.3 Å². The van der Waals surface area contributed by atoms with E-state index < -0.39 is 0 Å². The predicted octanol–water partition coefficient (Wildman–Crippen LogP) is 4.72. The third-order valence-corrected chi connectivity index (χ3v) is 4.83. The van der Waals surface area contributed by atoms with Gasteiger partial charge in [-0.3, -0.25) is 0 Å². The Kier molecular flexibility index (Phi) is 5.75. The van der Waals surface area contributed by atoms with E-state index in [4.69, 9.17) is 0 Å². The number of hydrogen-bond donors (Lipinski definition) is 1. The minimum absolute atomic E-state index is 0.215. The number of rotatable bonds is 5. The summed E-state index contributed by atoms with van der Waals surface area (Å²) in [5, 5.41) is 3.33. The number of nitrogens with one attached hydrogen (secondary N) is 1. The molecule has 0 heterocycles. The van der Waals surface area contributed by atoms with Crippen molar-refractivity contribution in [3.63, 3.8) is 0 Å². The van der Waals surface area contributed by atoms with Crippen LogP contribution in [-0.2, 0) is 12.8 Å². The van der Waals surface area contributed by atoms with E-state index in [9.17, 15) is 4.39 Å². The second-order valence-electron chi connectivity index (χ2n) is 4.72. The first kappa shape index (κ1) is 15.7. The van der Waals surface area contributed by atoms with Crippen molar-refractivity contribution in [1.29, 1.82) is 0 Å². The van der Waals surface area contributed by atoms with Gasteiger partial charge in [0.2, 0.25) is 0 Å². The summed E-state index contributed by atoms with van der Waals surface area (Å²) < 4.78 is 15.1. The van der Waals surface area contributed by atoms with Crippen LogP contribution in [0.5, 0.6) is 0 Å². The fourth-order valence-corrected chi connectivity index (χ4v) is 3.12. The van der Waals surface area contributed by atoms with E-state index in [1.807, 2.05) is 25.2 Å². The molecule has 1 N–H and O–H groups in total. The lowest BCUT2D eigenvalue weighted by Gasteiger charge is -2.18. The standard InChI is InChI=1S/C16H16Br2FN/c1-20-14(8-11-4-2-3-5-15(11)17)9-12-6-7-13(19)10-16(12)18/h2-7,10,14,20H,8-9H2,1H3. The molecule has 1 atom stereocenters. The molecule has 0 aromatic heterocycles. The van der Waals surface area contributed by atoms with Crippen molar-refractivity contribution in [3.8, 4) is 0 Å². The van der Waals surface area contributed by atoms with Crippen molar-refractivity contribution in [2.24, 2.45) is 0 Å². The highest BCUT2D eigenvalue weighted by molar-refractivity contribution is 9.10. The maximum absolute atomic E-state index is 13.1. The zero-order valence-corrected chi connectivity index (χ0v) is 14.3. The molecular weight excluding hydrogens is 385 g/mol. The Morgan fingerprint density at radius 3 is 2.25 bits per heavy atom. The molecule has 0 bridgehead atoms. The molecular formula is C16H16Br2FN. The topological polar surface area (TPSA) is 12.0 Å². The summed E-state index contributed by atoms with van der Waals surface area (Å²) in [6.45, 7) is 0. The third-order valence-electron chi connectivity index (χ3n) is 3.31. The maximum Gasteiger partial charge on any atom is 0.124 e. The van der Waals surface area contributed by atoms with Gasteiger partial charge in [-0.15, -0.1) is 0 Å². The van der Waals surface area contributed by atoms with Crippen LogP contribution in [0.25, 0.3) is 0 Å². The summed E-state index contributed by atoms with van der Waals surface area (Å²) >= 11 is 7.00. The van der Waals surface area contributed by atoms with Crippen LogP contribution in [0.4, 0.5) is 4.39 Å². The average molecular weight is 401 g/mol. The average Bonchev–Trinajstić information content (AvgIpc) is 2.43. The molecule has 0 aliphatic heterocycles.